The van der Waals surface area contributed by atoms with E-state index in [1.165, 1.54) is 27.7 Å². The van der Waals surface area contributed by atoms with Crippen molar-refractivity contribution >= 4 is 10.9 Å². The molecule has 0 aliphatic carbocycles. The molecule has 1 heterocycles. The Hall–Kier alpha value is -1.28. The molecule has 0 aliphatic heterocycles. The lowest BCUT2D eigenvalue weighted by atomic mass is 10.1. The van der Waals surface area contributed by atoms with Gasteiger partial charge in [0, 0.05) is 23.6 Å². The average Bonchev–Trinajstić information content (AvgIpc) is 2.44. The second-order valence-corrected chi connectivity index (χ2v) is 4.18. The predicted molar refractivity (Wildman–Crippen MR) is 65.2 cm³/mol. The molecule has 15 heavy (non-hydrogen) atoms. The smallest absolute Gasteiger partial charge is 0.0482 e. The Morgan fingerprint density at radius 1 is 1.27 bits per heavy atom. The molecule has 0 radical (unpaired) electrons. The highest BCUT2D eigenvalue weighted by Gasteiger charge is 2.10. The van der Waals surface area contributed by atoms with Crippen LogP contribution < -0.4 is 5.73 Å². The minimum Gasteiger partial charge on any atom is -0.348 e. The van der Waals surface area contributed by atoms with Crippen LogP contribution in [0.5, 0.6) is 0 Å². The summed E-state index contributed by atoms with van der Waals surface area (Å²) in [6, 6.07) is 6.61. The zero-order valence-corrected chi connectivity index (χ0v) is 9.67. The number of benzene rings is 1. The van der Waals surface area contributed by atoms with E-state index in [1.54, 1.807) is 0 Å². The fourth-order valence-electron chi connectivity index (χ4n) is 2.22. The molecular formula is C13H18N2. The van der Waals surface area contributed by atoms with Crippen molar-refractivity contribution in [3.8, 4) is 0 Å². The third kappa shape index (κ3) is 1.55. The Kier molecular flexibility index (Phi) is 2.53. The van der Waals surface area contributed by atoms with Crippen LogP contribution in [0.1, 0.15) is 16.8 Å². The van der Waals surface area contributed by atoms with Crippen molar-refractivity contribution < 1.29 is 0 Å². The fraction of sp³-hybridized carbons (Fsp3) is 0.385. The van der Waals surface area contributed by atoms with E-state index in [0.29, 0.717) is 6.54 Å². The van der Waals surface area contributed by atoms with Gasteiger partial charge in [-0.3, -0.25) is 0 Å². The minimum absolute atomic E-state index is 0.716. The van der Waals surface area contributed by atoms with E-state index in [-0.39, 0.29) is 0 Å². The molecule has 2 rings (SSSR count). The zero-order chi connectivity index (χ0) is 11.0. The highest BCUT2D eigenvalue weighted by Crippen LogP contribution is 2.25. The van der Waals surface area contributed by atoms with Gasteiger partial charge in [0.2, 0.25) is 0 Å². The van der Waals surface area contributed by atoms with Gasteiger partial charge in [0.15, 0.2) is 0 Å². The quantitative estimate of drug-likeness (QED) is 0.796. The molecule has 0 saturated heterocycles. The first-order valence-electron chi connectivity index (χ1n) is 5.39. The van der Waals surface area contributed by atoms with Gasteiger partial charge in [0.1, 0.15) is 0 Å². The van der Waals surface area contributed by atoms with Crippen molar-refractivity contribution in [1.82, 2.24) is 4.57 Å². The molecule has 0 saturated carbocycles. The highest BCUT2D eigenvalue weighted by molar-refractivity contribution is 5.86. The number of nitrogens with two attached hydrogens (primary N) is 1. The second-order valence-electron chi connectivity index (χ2n) is 4.18. The minimum atomic E-state index is 0.716. The van der Waals surface area contributed by atoms with E-state index in [1.807, 2.05) is 0 Å². The lowest BCUT2D eigenvalue weighted by Gasteiger charge is -1.99. The summed E-state index contributed by atoms with van der Waals surface area (Å²) in [5.74, 6) is 0. The van der Waals surface area contributed by atoms with Gasteiger partial charge >= 0.3 is 0 Å². The van der Waals surface area contributed by atoms with Crippen molar-refractivity contribution in [3.05, 3.63) is 35.0 Å². The van der Waals surface area contributed by atoms with Gasteiger partial charge < -0.3 is 10.3 Å². The fourth-order valence-corrected chi connectivity index (χ4v) is 2.22. The lowest BCUT2D eigenvalue weighted by molar-refractivity contribution is 0.882. The third-order valence-corrected chi connectivity index (χ3v) is 3.17. The molecular weight excluding hydrogens is 184 g/mol. The average molecular weight is 202 g/mol. The topological polar surface area (TPSA) is 30.9 Å². The molecule has 0 amide bonds. The maximum atomic E-state index is 5.66. The van der Waals surface area contributed by atoms with Crippen molar-refractivity contribution in [2.45, 2.75) is 20.3 Å². The summed E-state index contributed by atoms with van der Waals surface area (Å²) in [5, 5.41) is 1.36. The number of aryl methyl sites for hydroxylation is 2. The molecule has 80 valence electrons. The van der Waals surface area contributed by atoms with Crippen molar-refractivity contribution in [1.29, 1.82) is 0 Å². The summed E-state index contributed by atoms with van der Waals surface area (Å²) < 4.78 is 2.25. The van der Waals surface area contributed by atoms with E-state index in [4.69, 9.17) is 5.73 Å². The maximum absolute atomic E-state index is 5.66. The molecule has 0 unspecified atom stereocenters. The van der Waals surface area contributed by atoms with Crippen LogP contribution in [0, 0.1) is 13.8 Å². The number of nitrogens with zero attached hydrogens (tertiary/aromatic N) is 1. The van der Waals surface area contributed by atoms with Crippen LogP contribution in [0.2, 0.25) is 0 Å². The second kappa shape index (κ2) is 3.70. The molecule has 0 bridgehead atoms. The largest absolute Gasteiger partial charge is 0.348 e. The van der Waals surface area contributed by atoms with E-state index >= 15 is 0 Å². The molecule has 0 aliphatic rings. The number of hydrogen-bond donors (Lipinski definition) is 1. The predicted octanol–water partition coefficient (Wildman–Crippen LogP) is 2.30. The maximum Gasteiger partial charge on any atom is 0.0482 e. The Labute approximate surface area is 90.7 Å². The van der Waals surface area contributed by atoms with Gasteiger partial charge in [0.05, 0.1) is 0 Å². The van der Waals surface area contributed by atoms with Crippen LogP contribution in [0.25, 0.3) is 10.9 Å². The molecule has 1 aromatic heterocycles. The van der Waals surface area contributed by atoms with Gasteiger partial charge in [0.25, 0.3) is 0 Å². The Morgan fingerprint density at radius 2 is 2.00 bits per heavy atom. The van der Waals surface area contributed by atoms with E-state index < -0.39 is 0 Å². The molecule has 2 aromatic rings. The molecule has 0 spiro atoms. The molecule has 0 fully saturated rings. The van der Waals surface area contributed by atoms with Gasteiger partial charge in [-0.15, -0.1) is 0 Å². The van der Waals surface area contributed by atoms with Gasteiger partial charge in [-0.1, -0.05) is 11.6 Å². The van der Waals surface area contributed by atoms with Gasteiger partial charge in [-0.05, 0) is 44.5 Å². The van der Waals surface area contributed by atoms with Crippen LogP contribution in [0.4, 0.5) is 0 Å². The van der Waals surface area contributed by atoms with Crippen molar-refractivity contribution in [2.24, 2.45) is 12.8 Å². The van der Waals surface area contributed by atoms with Gasteiger partial charge in [-0.2, -0.15) is 0 Å². The zero-order valence-electron chi connectivity index (χ0n) is 9.67. The van der Waals surface area contributed by atoms with Crippen LogP contribution >= 0.6 is 0 Å². The molecule has 2 heteroatoms. The van der Waals surface area contributed by atoms with Crippen molar-refractivity contribution in [2.75, 3.05) is 6.54 Å². The monoisotopic (exact) mass is 202 g/mol. The normalized spacial score (nSPS) is 11.2. The molecule has 1 aromatic carbocycles. The molecule has 2 N–H and O–H groups in total. The summed E-state index contributed by atoms with van der Waals surface area (Å²) in [6.07, 6.45) is 0.965. The summed E-state index contributed by atoms with van der Waals surface area (Å²) in [7, 11) is 2.12. The lowest BCUT2D eigenvalue weighted by Crippen LogP contribution is -2.04. The van der Waals surface area contributed by atoms with Crippen LogP contribution in [-0.4, -0.2) is 11.1 Å². The van der Waals surface area contributed by atoms with Crippen LogP contribution in [0.3, 0.4) is 0 Å². The standard InChI is InChI=1S/C13H18N2/c1-9-4-5-13-12(8-9)11(6-7-14)10(2)15(13)3/h4-5,8H,6-7,14H2,1-3H3. The number of aromatic nitrogens is 1. The van der Waals surface area contributed by atoms with Crippen molar-refractivity contribution in [3.63, 3.8) is 0 Å². The molecule has 2 nitrogen and oxygen atoms in total. The first-order chi connectivity index (χ1) is 7.15. The SMILES string of the molecule is Cc1ccc2c(c1)c(CCN)c(C)n2C. The van der Waals surface area contributed by atoms with E-state index in [9.17, 15) is 0 Å². The van der Waals surface area contributed by atoms with E-state index in [2.05, 4.69) is 43.7 Å². The summed E-state index contributed by atoms with van der Waals surface area (Å²) >= 11 is 0. The summed E-state index contributed by atoms with van der Waals surface area (Å²) in [4.78, 5) is 0. The first-order valence-corrected chi connectivity index (χ1v) is 5.39. The third-order valence-electron chi connectivity index (χ3n) is 3.17. The van der Waals surface area contributed by atoms with E-state index in [0.717, 1.165) is 6.42 Å². The number of rotatable bonds is 2. The number of hydrogen-bond acceptors (Lipinski definition) is 1. The van der Waals surface area contributed by atoms with Crippen LogP contribution in [0.15, 0.2) is 18.2 Å². The van der Waals surface area contributed by atoms with Crippen LogP contribution in [-0.2, 0) is 13.5 Å². The van der Waals surface area contributed by atoms with Gasteiger partial charge in [-0.25, -0.2) is 0 Å². The summed E-state index contributed by atoms with van der Waals surface area (Å²) in [6.45, 7) is 5.02. The number of fused-ring (bicyclic) bond motifs is 1. The molecule has 0 atom stereocenters. The highest BCUT2D eigenvalue weighted by atomic mass is 14.9. The first kappa shape index (κ1) is 10.2. The Balaban J connectivity index is 2.76. The Bertz CT molecular complexity index is 495. The summed E-state index contributed by atoms with van der Waals surface area (Å²) in [5.41, 5.74) is 11.0. The Morgan fingerprint density at radius 3 is 2.67 bits per heavy atom.